The average Bonchev–Trinajstić information content (AvgIpc) is 3.26. The van der Waals surface area contributed by atoms with Crippen molar-refractivity contribution >= 4 is 5.91 Å². The lowest BCUT2D eigenvalue weighted by molar-refractivity contribution is -0.142. The first kappa shape index (κ1) is 17.7. The number of hydrogen-bond donors (Lipinski definition) is 1. The zero-order valence-corrected chi connectivity index (χ0v) is 16.4. The van der Waals surface area contributed by atoms with Crippen LogP contribution in [0.2, 0.25) is 0 Å². The van der Waals surface area contributed by atoms with Crippen molar-refractivity contribution in [3.8, 4) is 0 Å². The monoisotopic (exact) mass is 367 g/mol. The molecule has 4 saturated heterocycles. The summed E-state index contributed by atoms with van der Waals surface area (Å²) in [4.78, 5) is 18.2. The Kier molecular flexibility index (Phi) is 4.95. The second kappa shape index (κ2) is 7.56. The van der Waals surface area contributed by atoms with Crippen LogP contribution < -0.4 is 5.32 Å². The second-order valence-corrected chi connectivity index (χ2v) is 9.21. The van der Waals surface area contributed by atoms with E-state index in [4.69, 9.17) is 0 Å². The number of fused-ring (bicyclic) bond motifs is 4. The first-order valence-corrected chi connectivity index (χ1v) is 11.1. The Morgan fingerprint density at radius 3 is 2.70 bits per heavy atom. The highest BCUT2D eigenvalue weighted by Crippen LogP contribution is 2.42. The van der Waals surface area contributed by atoms with E-state index in [9.17, 15) is 4.79 Å². The number of nitrogens with one attached hydrogen (secondary N) is 1. The number of nitrogens with zero attached hydrogens (tertiary/aromatic N) is 2. The highest BCUT2D eigenvalue weighted by molar-refractivity contribution is 5.82. The minimum absolute atomic E-state index is 0.0823. The fraction of sp³-hybridized carbons (Fsp3) is 0.696. The Balaban J connectivity index is 1.38. The lowest BCUT2D eigenvalue weighted by Crippen LogP contribution is -2.65. The van der Waals surface area contributed by atoms with Gasteiger partial charge < -0.3 is 10.2 Å². The Morgan fingerprint density at radius 2 is 1.89 bits per heavy atom. The van der Waals surface area contributed by atoms with Gasteiger partial charge in [-0.15, -0.1) is 0 Å². The predicted octanol–water partition coefficient (Wildman–Crippen LogP) is 2.68. The first-order chi connectivity index (χ1) is 13.3. The van der Waals surface area contributed by atoms with Gasteiger partial charge in [-0.05, 0) is 69.0 Å². The minimum Gasteiger partial charge on any atom is -0.341 e. The van der Waals surface area contributed by atoms with E-state index in [2.05, 4.69) is 45.4 Å². The average molecular weight is 368 g/mol. The summed E-state index contributed by atoms with van der Waals surface area (Å²) in [5.41, 5.74) is 1.45. The molecule has 1 N–H and O–H groups in total. The molecule has 0 spiro atoms. The smallest absolute Gasteiger partial charge is 0.239 e. The van der Waals surface area contributed by atoms with Crippen LogP contribution in [0.4, 0.5) is 0 Å². The molecule has 1 amide bonds. The number of piperidine rings is 3. The van der Waals surface area contributed by atoms with Crippen LogP contribution in [0.15, 0.2) is 30.3 Å². The third-order valence-corrected chi connectivity index (χ3v) is 7.58. The van der Waals surface area contributed by atoms with Gasteiger partial charge in [0.2, 0.25) is 5.91 Å². The van der Waals surface area contributed by atoms with Gasteiger partial charge >= 0.3 is 0 Å². The summed E-state index contributed by atoms with van der Waals surface area (Å²) in [6, 6.07) is 12.4. The van der Waals surface area contributed by atoms with Crippen LogP contribution >= 0.6 is 0 Å². The zero-order valence-electron chi connectivity index (χ0n) is 16.4. The van der Waals surface area contributed by atoms with Gasteiger partial charge in [0.1, 0.15) is 0 Å². The van der Waals surface area contributed by atoms with Gasteiger partial charge in [-0.3, -0.25) is 9.69 Å². The molecule has 4 nitrogen and oxygen atoms in total. The van der Waals surface area contributed by atoms with Gasteiger partial charge in [0.15, 0.2) is 0 Å². The van der Waals surface area contributed by atoms with Gasteiger partial charge in [-0.2, -0.15) is 0 Å². The summed E-state index contributed by atoms with van der Waals surface area (Å²) < 4.78 is 0. The number of hydrogen-bond acceptors (Lipinski definition) is 3. The molecule has 0 aromatic heterocycles. The Labute approximate surface area is 163 Å². The van der Waals surface area contributed by atoms with E-state index in [0.717, 1.165) is 38.9 Å². The van der Waals surface area contributed by atoms with E-state index in [1.165, 1.54) is 37.8 Å². The molecule has 4 fully saturated rings. The van der Waals surface area contributed by atoms with Crippen molar-refractivity contribution in [2.24, 2.45) is 11.8 Å². The number of amides is 1. The fourth-order valence-electron chi connectivity index (χ4n) is 6.34. The van der Waals surface area contributed by atoms with Gasteiger partial charge in [0, 0.05) is 25.2 Å². The molecular formula is C23H33N3O. The molecule has 4 heterocycles. The number of carbonyl (C=O) groups excluding carboxylic acids is 1. The Hall–Kier alpha value is -1.39. The van der Waals surface area contributed by atoms with Crippen LogP contribution in [0.25, 0.3) is 0 Å². The molecule has 5 rings (SSSR count). The summed E-state index contributed by atoms with van der Waals surface area (Å²) in [7, 11) is 0. The third-order valence-electron chi connectivity index (χ3n) is 7.58. The molecule has 1 aromatic rings. The topological polar surface area (TPSA) is 35.6 Å². The molecule has 4 aliphatic rings. The van der Waals surface area contributed by atoms with Crippen molar-refractivity contribution < 1.29 is 4.79 Å². The number of carbonyl (C=O) groups is 1. The number of benzene rings is 1. The SMILES string of the molecule is O=C([C@@H]1CCCN1)N1C[C@H]2C[C@@H](C1)[C@H](Cc1ccccc1)N1CCCC[C@@H]21. The second-order valence-electron chi connectivity index (χ2n) is 9.21. The molecule has 27 heavy (non-hydrogen) atoms. The van der Waals surface area contributed by atoms with Crippen LogP contribution in [0.3, 0.4) is 0 Å². The van der Waals surface area contributed by atoms with Gasteiger partial charge in [-0.25, -0.2) is 0 Å². The van der Waals surface area contributed by atoms with Crippen molar-refractivity contribution in [2.75, 3.05) is 26.2 Å². The van der Waals surface area contributed by atoms with Crippen molar-refractivity contribution in [1.82, 2.24) is 15.1 Å². The zero-order chi connectivity index (χ0) is 18.2. The molecule has 0 radical (unpaired) electrons. The normalized spacial score (nSPS) is 36.4. The van der Waals surface area contributed by atoms with Crippen LogP contribution in [0.5, 0.6) is 0 Å². The first-order valence-electron chi connectivity index (χ1n) is 11.1. The maximum absolute atomic E-state index is 13.1. The maximum Gasteiger partial charge on any atom is 0.239 e. The van der Waals surface area contributed by atoms with Gasteiger partial charge in [0.05, 0.1) is 6.04 Å². The lowest BCUT2D eigenvalue weighted by atomic mass is 9.71. The molecule has 2 bridgehead atoms. The molecular weight excluding hydrogens is 334 g/mol. The number of likely N-dealkylation sites (tertiary alicyclic amines) is 1. The van der Waals surface area contributed by atoms with Crippen LogP contribution in [0.1, 0.15) is 44.1 Å². The Bertz CT molecular complexity index is 657. The van der Waals surface area contributed by atoms with E-state index in [1.54, 1.807) is 0 Å². The van der Waals surface area contributed by atoms with E-state index in [-0.39, 0.29) is 6.04 Å². The predicted molar refractivity (Wildman–Crippen MR) is 107 cm³/mol. The third kappa shape index (κ3) is 3.42. The minimum atomic E-state index is 0.0823. The summed E-state index contributed by atoms with van der Waals surface area (Å²) in [5.74, 6) is 1.69. The fourth-order valence-corrected chi connectivity index (χ4v) is 6.34. The van der Waals surface area contributed by atoms with E-state index >= 15 is 0 Å². The molecule has 0 saturated carbocycles. The number of rotatable bonds is 3. The summed E-state index contributed by atoms with van der Waals surface area (Å²) in [6.45, 7) is 4.22. The molecule has 4 aliphatic heterocycles. The molecule has 4 heteroatoms. The molecule has 0 unspecified atom stereocenters. The molecule has 1 aromatic carbocycles. The van der Waals surface area contributed by atoms with Crippen LogP contribution in [-0.4, -0.2) is 60.0 Å². The lowest BCUT2D eigenvalue weighted by Gasteiger charge is -2.57. The van der Waals surface area contributed by atoms with Crippen molar-refractivity contribution in [2.45, 2.75) is 63.1 Å². The van der Waals surface area contributed by atoms with E-state index < -0.39 is 0 Å². The Morgan fingerprint density at radius 1 is 1.04 bits per heavy atom. The largest absolute Gasteiger partial charge is 0.341 e. The summed E-state index contributed by atoms with van der Waals surface area (Å²) in [5, 5.41) is 3.43. The van der Waals surface area contributed by atoms with Crippen LogP contribution in [-0.2, 0) is 11.2 Å². The molecule has 5 atom stereocenters. The standard InChI is InChI=1S/C23H33N3O/c27-23(20-9-6-11-24-20)25-15-18-14-19(16-25)22(13-17-7-2-1-3-8-17)26-12-5-4-10-21(18)26/h1-3,7-8,18-22,24H,4-6,9-16H2/t18-,19+,20+,21+,22+/m1/s1. The van der Waals surface area contributed by atoms with Crippen molar-refractivity contribution in [1.29, 1.82) is 0 Å². The maximum atomic E-state index is 13.1. The van der Waals surface area contributed by atoms with Crippen molar-refractivity contribution in [3.63, 3.8) is 0 Å². The summed E-state index contributed by atoms with van der Waals surface area (Å²) >= 11 is 0. The highest BCUT2D eigenvalue weighted by Gasteiger charge is 2.48. The van der Waals surface area contributed by atoms with E-state index in [0.29, 0.717) is 29.8 Å². The highest BCUT2D eigenvalue weighted by atomic mass is 16.2. The van der Waals surface area contributed by atoms with E-state index in [1.807, 2.05) is 0 Å². The van der Waals surface area contributed by atoms with Crippen molar-refractivity contribution in [3.05, 3.63) is 35.9 Å². The summed E-state index contributed by atoms with van der Waals surface area (Å²) in [6.07, 6.45) is 8.65. The van der Waals surface area contributed by atoms with Crippen LogP contribution in [0, 0.1) is 11.8 Å². The molecule has 146 valence electrons. The quantitative estimate of drug-likeness (QED) is 0.892. The molecule has 0 aliphatic carbocycles. The van der Waals surface area contributed by atoms with Gasteiger partial charge in [-0.1, -0.05) is 36.8 Å². The van der Waals surface area contributed by atoms with Gasteiger partial charge in [0.25, 0.3) is 0 Å².